The van der Waals surface area contributed by atoms with E-state index < -0.39 is 0 Å². The van der Waals surface area contributed by atoms with E-state index in [-0.39, 0.29) is 5.91 Å². The molecule has 1 unspecified atom stereocenters. The number of hydrogen-bond acceptors (Lipinski definition) is 3. The van der Waals surface area contributed by atoms with Gasteiger partial charge in [-0.1, -0.05) is 12.1 Å². The first-order chi connectivity index (χ1) is 10.2. The number of nitrogens with one attached hydrogen (secondary N) is 1. The minimum absolute atomic E-state index is 0.120. The maximum atomic E-state index is 12.3. The normalized spacial score (nSPS) is 25.1. The van der Waals surface area contributed by atoms with E-state index >= 15 is 0 Å². The molecule has 112 valence electrons. The molecule has 1 amide bonds. The fourth-order valence-electron chi connectivity index (χ4n) is 3.26. The minimum Gasteiger partial charge on any atom is -0.497 e. The maximum Gasteiger partial charge on any atom is 0.246 e. The molecule has 2 aliphatic rings. The second-order valence-electron chi connectivity index (χ2n) is 6.04. The van der Waals surface area contributed by atoms with Crippen LogP contribution in [0.15, 0.2) is 30.3 Å². The summed E-state index contributed by atoms with van der Waals surface area (Å²) in [6.45, 7) is 3.92. The van der Waals surface area contributed by atoms with Crippen LogP contribution in [0.3, 0.4) is 0 Å². The molecule has 0 aromatic heterocycles. The quantitative estimate of drug-likeness (QED) is 0.863. The monoisotopic (exact) mass is 286 g/mol. The van der Waals surface area contributed by atoms with Crippen molar-refractivity contribution in [3.05, 3.63) is 35.9 Å². The first kappa shape index (κ1) is 14.1. The Morgan fingerprint density at radius 1 is 1.33 bits per heavy atom. The van der Waals surface area contributed by atoms with E-state index in [4.69, 9.17) is 4.74 Å². The molecule has 3 rings (SSSR count). The van der Waals surface area contributed by atoms with Gasteiger partial charge in [-0.2, -0.15) is 0 Å². The molecule has 2 heterocycles. The summed E-state index contributed by atoms with van der Waals surface area (Å²) in [5.41, 5.74) is 1.35. The predicted molar refractivity (Wildman–Crippen MR) is 83.1 cm³/mol. The molecule has 1 atom stereocenters. The first-order valence-electron chi connectivity index (χ1n) is 7.53. The summed E-state index contributed by atoms with van der Waals surface area (Å²) < 4.78 is 5.12. The molecule has 0 saturated carbocycles. The van der Waals surface area contributed by atoms with Crippen LogP contribution in [0, 0.1) is 5.41 Å². The molecule has 21 heavy (non-hydrogen) atoms. The van der Waals surface area contributed by atoms with Gasteiger partial charge < -0.3 is 15.0 Å². The van der Waals surface area contributed by atoms with Crippen molar-refractivity contribution in [1.29, 1.82) is 0 Å². The van der Waals surface area contributed by atoms with Crippen molar-refractivity contribution in [3.63, 3.8) is 0 Å². The highest BCUT2D eigenvalue weighted by Crippen LogP contribution is 2.36. The number of amides is 1. The molecule has 0 bridgehead atoms. The van der Waals surface area contributed by atoms with Gasteiger partial charge in [-0.25, -0.2) is 0 Å². The van der Waals surface area contributed by atoms with Crippen LogP contribution in [-0.4, -0.2) is 44.1 Å². The van der Waals surface area contributed by atoms with Crippen LogP contribution in [0.25, 0.3) is 6.08 Å². The number of methoxy groups -OCH3 is 1. The Kier molecular flexibility index (Phi) is 3.97. The topological polar surface area (TPSA) is 41.6 Å². The van der Waals surface area contributed by atoms with Crippen molar-refractivity contribution < 1.29 is 9.53 Å². The van der Waals surface area contributed by atoms with Crippen molar-refractivity contribution in [1.82, 2.24) is 10.2 Å². The average molecular weight is 286 g/mol. The van der Waals surface area contributed by atoms with Crippen molar-refractivity contribution >= 4 is 12.0 Å². The van der Waals surface area contributed by atoms with Crippen molar-refractivity contribution in [2.75, 3.05) is 33.3 Å². The van der Waals surface area contributed by atoms with E-state index in [1.165, 1.54) is 6.42 Å². The van der Waals surface area contributed by atoms with Gasteiger partial charge in [0.15, 0.2) is 0 Å². The lowest BCUT2D eigenvalue weighted by molar-refractivity contribution is -0.125. The smallest absolute Gasteiger partial charge is 0.246 e. The number of hydrogen-bond donors (Lipinski definition) is 1. The van der Waals surface area contributed by atoms with Gasteiger partial charge in [0.05, 0.1) is 7.11 Å². The van der Waals surface area contributed by atoms with Crippen molar-refractivity contribution in [3.8, 4) is 5.75 Å². The second kappa shape index (κ2) is 5.90. The van der Waals surface area contributed by atoms with Crippen LogP contribution in [0.5, 0.6) is 5.75 Å². The third-order valence-electron chi connectivity index (χ3n) is 4.62. The Bertz CT molecular complexity index is 530. The standard InChI is InChI=1S/C17H22N2O2/c1-21-15-5-2-14(3-6-15)4-7-16(20)19-11-9-17(13-19)8-10-18-12-17/h2-7,18H,8-13H2,1H3. The number of ether oxygens (including phenoxy) is 1. The van der Waals surface area contributed by atoms with Crippen molar-refractivity contribution in [2.24, 2.45) is 5.41 Å². The van der Waals surface area contributed by atoms with Crippen LogP contribution < -0.4 is 10.1 Å². The molecule has 1 spiro atoms. The summed E-state index contributed by atoms with van der Waals surface area (Å²) in [5, 5.41) is 3.42. The fraction of sp³-hybridized carbons (Fsp3) is 0.471. The highest BCUT2D eigenvalue weighted by atomic mass is 16.5. The van der Waals surface area contributed by atoms with E-state index in [2.05, 4.69) is 5.32 Å². The highest BCUT2D eigenvalue weighted by Gasteiger charge is 2.41. The van der Waals surface area contributed by atoms with Gasteiger partial charge in [-0.05, 0) is 43.2 Å². The molecule has 1 aromatic rings. The highest BCUT2D eigenvalue weighted by molar-refractivity contribution is 5.92. The fourth-order valence-corrected chi connectivity index (χ4v) is 3.26. The minimum atomic E-state index is 0.120. The third kappa shape index (κ3) is 3.10. The lowest BCUT2D eigenvalue weighted by Gasteiger charge is -2.22. The molecule has 1 N–H and O–H groups in total. The van der Waals surface area contributed by atoms with Gasteiger partial charge in [-0.15, -0.1) is 0 Å². The van der Waals surface area contributed by atoms with E-state index in [0.717, 1.165) is 43.9 Å². The molecule has 2 saturated heterocycles. The molecule has 2 fully saturated rings. The summed E-state index contributed by atoms with van der Waals surface area (Å²) in [7, 11) is 1.65. The number of carbonyl (C=O) groups is 1. The summed E-state index contributed by atoms with van der Waals surface area (Å²) in [5.74, 6) is 0.947. The van der Waals surface area contributed by atoms with Crippen LogP contribution in [0.1, 0.15) is 18.4 Å². The largest absolute Gasteiger partial charge is 0.497 e. The zero-order chi connectivity index (χ0) is 14.7. The van der Waals surface area contributed by atoms with E-state index in [0.29, 0.717) is 5.41 Å². The molecule has 0 aliphatic carbocycles. The van der Waals surface area contributed by atoms with Gasteiger partial charge in [0.2, 0.25) is 5.91 Å². The lowest BCUT2D eigenvalue weighted by Crippen LogP contribution is -2.32. The Hall–Kier alpha value is -1.81. The summed E-state index contributed by atoms with van der Waals surface area (Å²) >= 11 is 0. The van der Waals surface area contributed by atoms with Crippen LogP contribution in [0.2, 0.25) is 0 Å². The van der Waals surface area contributed by atoms with Crippen molar-refractivity contribution in [2.45, 2.75) is 12.8 Å². The van der Waals surface area contributed by atoms with Gasteiger partial charge in [0, 0.05) is 31.1 Å². The number of likely N-dealkylation sites (tertiary alicyclic amines) is 1. The summed E-state index contributed by atoms with van der Waals surface area (Å²) in [4.78, 5) is 14.3. The number of nitrogens with zero attached hydrogens (tertiary/aromatic N) is 1. The van der Waals surface area contributed by atoms with Crippen LogP contribution >= 0.6 is 0 Å². The molecule has 2 aliphatic heterocycles. The molecule has 1 aromatic carbocycles. The van der Waals surface area contributed by atoms with E-state index in [1.807, 2.05) is 35.2 Å². The molecule has 4 nitrogen and oxygen atoms in total. The average Bonchev–Trinajstić information content (AvgIpc) is 3.16. The first-order valence-corrected chi connectivity index (χ1v) is 7.53. The SMILES string of the molecule is COc1ccc(C=CC(=O)N2CCC3(CCNC3)C2)cc1. The third-order valence-corrected chi connectivity index (χ3v) is 4.62. The number of carbonyl (C=O) groups excluding carboxylic acids is 1. The van der Waals surface area contributed by atoms with Crippen LogP contribution in [0.4, 0.5) is 0 Å². The molecular formula is C17H22N2O2. The summed E-state index contributed by atoms with van der Waals surface area (Å²) in [6.07, 6.45) is 5.88. The van der Waals surface area contributed by atoms with Crippen LogP contribution in [-0.2, 0) is 4.79 Å². The Morgan fingerprint density at radius 2 is 2.14 bits per heavy atom. The Balaban J connectivity index is 1.59. The maximum absolute atomic E-state index is 12.3. The van der Waals surface area contributed by atoms with Gasteiger partial charge in [-0.3, -0.25) is 4.79 Å². The zero-order valence-corrected chi connectivity index (χ0v) is 12.5. The van der Waals surface area contributed by atoms with Gasteiger partial charge in [0.1, 0.15) is 5.75 Å². The van der Waals surface area contributed by atoms with E-state index in [1.54, 1.807) is 13.2 Å². The van der Waals surface area contributed by atoms with E-state index in [9.17, 15) is 4.79 Å². The number of rotatable bonds is 3. The van der Waals surface area contributed by atoms with Gasteiger partial charge in [0.25, 0.3) is 0 Å². The second-order valence-corrected chi connectivity index (χ2v) is 6.04. The number of benzene rings is 1. The summed E-state index contributed by atoms with van der Waals surface area (Å²) in [6, 6.07) is 7.71. The lowest BCUT2D eigenvalue weighted by atomic mass is 9.87. The molecular weight excluding hydrogens is 264 g/mol. The zero-order valence-electron chi connectivity index (χ0n) is 12.5. The van der Waals surface area contributed by atoms with Gasteiger partial charge >= 0.3 is 0 Å². The predicted octanol–water partition coefficient (Wildman–Crippen LogP) is 1.92. The molecule has 4 heteroatoms. The Labute approximate surface area is 125 Å². The molecule has 0 radical (unpaired) electrons. The Morgan fingerprint density at radius 3 is 2.81 bits per heavy atom.